The van der Waals surface area contributed by atoms with Crippen molar-refractivity contribution in [2.45, 2.75) is 0 Å². The molecule has 0 atom stereocenters. The third kappa shape index (κ3) is 1.43. The number of carbonyl (C=O) groups is 1. The summed E-state index contributed by atoms with van der Waals surface area (Å²) < 4.78 is 12.6. The van der Waals surface area contributed by atoms with E-state index in [4.69, 9.17) is 16.7 Å². The highest BCUT2D eigenvalue weighted by molar-refractivity contribution is 6.29. The molecule has 0 spiro atoms. The van der Waals surface area contributed by atoms with Gasteiger partial charge in [0.15, 0.2) is 16.7 Å². The maximum Gasteiger partial charge on any atom is 0.357 e. The van der Waals surface area contributed by atoms with Gasteiger partial charge in [0.2, 0.25) is 0 Å². The van der Waals surface area contributed by atoms with Gasteiger partial charge in [-0.15, -0.1) is 0 Å². The average molecular weight is 177 g/mol. The minimum absolute atomic E-state index is 0.489. The Hall–Kier alpha value is -1.23. The van der Waals surface area contributed by atoms with Crippen molar-refractivity contribution in [2.24, 2.45) is 0 Å². The van der Waals surface area contributed by atoms with Crippen molar-refractivity contribution in [1.29, 1.82) is 0 Å². The summed E-state index contributed by atoms with van der Waals surface area (Å²) in [6.45, 7) is 0. The van der Waals surface area contributed by atoms with E-state index in [0.717, 1.165) is 6.33 Å². The van der Waals surface area contributed by atoms with E-state index in [9.17, 15) is 9.18 Å². The number of aromatic nitrogens is 2. The van der Waals surface area contributed by atoms with Crippen molar-refractivity contribution in [3.63, 3.8) is 0 Å². The summed E-state index contributed by atoms with van der Waals surface area (Å²) in [5.41, 5.74) is -0.718. The smallest absolute Gasteiger partial charge is 0.357 e. The fourth-order valence-corrected chi connectivity index (χ4v) is 0.631. The number of rotatable bonds is 1. The average Bonchev–Trinajstić information content (AvgIpc) is 1.94. The van der Waals surface area contributed by atoms with E-state index in [-0.39, 0.29) is 0 Å². The van der Waals surface area contributed by atoms with Crippen molar-refractivity contribution >= 4 is 17.6 Å². The predicted octanol–water partition coefficient (Wildman–Crippen LogP) is 0.967. The van der Waals surface area contributed by atoms with Crippen LogP contribution in [0.1, 0.15) is 10.5 Å². The summed E-state index contributed by atoms with van der Waals surface area (Å²) in [6, 6.07) is 0. The number of halogens is 2. The number of hydrogen-bond acceptors (Lipinski definition) is 3. The van der Waals surface area contributed by atoms with Gasteiger partial charge in [-0.05, 0) is 0 Å². The van der Waals surface area contributed by atoms with E-state index in [1.165, 1.54) is 0 Å². The molecule has 0 aliphatic heterocycles. The topological polar surface area (TPSA) is 63.1 Å². The van der Waals surface area contributed by atoms with E-state index < -0.39 is 22.6 Å². The van der Waals surface area contributed by atoms with E-state index in [1.807, 2.05) is 0 Å². The standard InChI is InChI=1S/C5H2ClFN2O2/c6-4-2(7)3(5(10)11)8-1-9-4/h1H,(H,10,11). The van der Waals surface area contributed by atoms with Gasteiger partial charge in [-0.25, -0.2) is 19.2 Å². The fourth-order valence-electron chi connectivity index (χ4n) is 0.497. The Morgan fingerprint density at radius 3 is 2.73 bits per heavy atom. The van der Waals surface area contributed by atoms with E-state index in [2.05, 4.69) is 9.97 Å². The number of nitrogens with zero attached hydrogens (tertiary/aromatic N) is 2. The summed E-state index contributed by atoms with van der Waals surface area (Å²) in [7, 11) is 0. The molecule has 0 saturated carbocycles. The Balaban J connectivity index is 3.27. The second-order valence-electron chi connectivity index (χ2n) is 1.63. The number of carboxylic acids is 1. The molecule has 0 aliphatic carbocycles. The maximum atomic E-state index is 12.6. The van der Waals surface area contributed by atoms with Gasteiger partial charge < -0.3 is 5.11 Å². The first-order valence-electron chi connectivity index (χ1n) is 2.52. The van der Waals surface area contributed by atoms with Crippen molar-refractivity contribution in [3.8, 4) is 0 Å². The molecule has 0 fully saturated rings. The summed E-state index contributed by atoms with van der Waals surface area (Å²) in [6.07, 6.45) is 0.884. The summed E-state index contributed by atoms with van der Waals surface area (Å²) in [5.74, 6) is -2.58. The zero-order chi connectivity index (χ0) is 8.43. The zero-order valence-corrected chi connectivity index (χ0v) is 5.84. The van der Waals surface area contributed by atoms with Crippen LogP contribution in [0.15, 0.2) is 6.33 Å². The Morgan fingerprint density at radius 1 is 1.64 bits per heavy atom. The molecule has 0 aromatic carbocycles. The molecule has 0 aliphatic rings. The van der Waals surface area contributed by atoms with E-state index >= 15 is 0 Å². The highest BCUT2D eigenvalue weighted by atomic mass is 35.5. The molecule has 1 N–H and O–H groups in total. The number of aromatic carboxylic acids is 1. The van der Waals surface area contributed by atoms with Gasteiger partial charge in [0.25, 0.3) is 0 Å². The summed E-state index contributed by atoms with van der Waals surface area (Å²) >= 11 is 5.17. The third-order valence-electron chi connectivity index (χ3n) is 0.950. The molecule has 0 bridgehead atoms. The molecule has 1 rings (SSSR count). The number of hydrogen-bond donors (Lipinski definition) is 1. The first-order chi connectivity index (χ1) is 5.13. The molecule has 1 aromatic heterocycles. The van der Waals surface area contributed by atoms with Crippen LogP contribution in [0.2, 0.25) is 5.15 Å². The van der Waals surface area contributed by atoms with E-state index in [0.29, 0.717) is 0 Å². The lowest BCUT2D eigenvalue weighted by Crippen LogP contribution is -2.05. The Bertz CT molecular complexity index is 305. The lowest BCUT2D eigenvalue weighted by molar-refractivity contribution is 0.0684. The second-order valence-corrected chi connectivity index (χ2v) is 1.99. The highest BCUT2D eigenvalue weighted by Crippen LogP contribution is 2.11. The van der Waals surface area contributed by atoms with Crippen molar-refractivity contribution in [1.82, 2.24) is 9.97 Å². The van der Waals surface area contributed by atoms with Crippen LogP contribution >= 0.6 is 11.6 Å². The van der Waals surface area contributed by atoms with Crippen molar-refractivity contribution < 1.29 is 14.3 Å². The highest BCUT2D eigenvalue weighted by Gasteiger charge is 2.14. The normalized spacial score (nSPS) is 9.64. The molecule has 6 heteroatoms. The monoisotopic (exact) mass is 176 g/mol. The minimum atomic E-state index is -1.47. The van der Waals surface area contributed by atoms with Crippen LogP contribution in [0.4, 0.5) is 4.39 Å². The Kier molecular flexibility index (Phi) is 2.00. The fraction of sp³-hybridized carbons (Fsp3) is 0. The largest absolute Gasteiger partial charge is 0.476 e. The molecule has 1 heterocycles. The predicted molar refractivity (Wildman–Crippen MR) is 34.0 cm³/mol. The van der Waals surface area contributed by atoms with E-state index in [1.54, 1.807) is 0 Å². The first kappa shape index (κ1) is 7.87. The lowest BCUT2D eigenvalue weighted by Gasteiger charge is -1.94. The van der Waals surface area contributed by atoms with Gasteiger partial charge >= 0.3 is 5.97 Å². The molecular weight excluding hydrogens is 175 g/mol. The minimum Gasteiger partial charge on any atom is -0.476 e. The molecule has 0 unspecified atom stereocenters. The SMILES string of the molecule is O=C(O)c1ncnc(Cl)c1F. The second kappa shape index (κ2) is 2.79. The Labute approximate surface area is 65.7 Å². The molecule has 1 aromatic rings. The van der Waals surface area contributed by atoms with Crippen molar-refractivity contribution in [2.75, 3.05) is 0 Å². The number of carboxylic acid groups (broad SMARTS) is 1. The summed E-state index contributed by atoms with van der Waals surface area (Å²) in [5, 5.41) is 7.81. The molecule has 4 nitrogen and oxygen atoms in total. The van der Waals surface area contributed by atoms with Crippen LogP contribution in [0.3, 0.4) is 0 Å². The van der Waals surface area contributed by atoms with Crippen LogP contribution < -0.4 is 0 Å². The van der Waals surface area contributed by atoms with Gasteiger partial charge in [0.05, 0.1) is 0 Å². The van der Waals surface area contributed by atoms with Crippen LogP contribution in [-0.2, 0) is 0 Å². The van der Waals surface area contributed by atoms with Crippen LogP contribution in [0, 0.1) is 5.82 Å². The molecule has 11 heavy (non-hydrogen) atoms. The zero-order valence-electron chi connectivity index (χ0n) is 5.08. The molecule has 0 radical (unpaired) electrons. The van der Waals surface area contributed by atoms with Gasteiger partial charge in [-0.3, -0.25) is 0 Å². The van der Waals surface area contributed by atoms with Gasteiger partial charge in [0, 0.05) is 0 Å². The van der Waals surface area contributed by atoms with Crippen molar-refractivity contribution in [3.05, 3.63) is 23.0 Å². The maximum absolute atomic E-state index is 12.6. The quantitative estimate of drug-likeness (QED) is 0.648. The summed E-state index contributed by atoms with van der Waals surface area (Å²) in [4.78, 5) is 16.6. The van der Waals surface area contributed by atoms with Gasteiger partial charge in [0.1, 0.15) is 6.33 Å². The van der Waals surface area contributed by atoms with Gasteiger partial charge in [-0.1, -0.05) is 11.6 Å². The van der Waals surface area contributed by atoms with Gasteiger partial charge in [-0.2, -0.15) is 0 Å². The van der Waals surface area contributed by atoms with Crippen LogP contribution in [-0.4, -0.2) is 21.0 Å². The molecule has 58 valence electrons. The molecular formula is C5H2ClFN2O2. The Morgan fingerprint density at radius 2 is 2.27 bits per heavy atom. The molecule has 0 saturated heterocycles. The van der Waals surface area contributed by atoms with Crippen LogP contribution in [0.25, 0.3) is 0 Å². The first-order valence-corrected chi connectivity index (χ1v) is 2.90. The molecule has 0 amide bonds. The lowest BCUT2D eigenvalue weighted by atomic mass is 10.4. The third-order valence-corrected chi connectivity index (χ3v) is 1.21. The van der Waals surface area contributed by atoms with Crippen LogP contribution in [0.5, 0.6) is 0 Å².